The molecule has 5 rings (SSSR count). The number of aromatic nitrogens is 2. The summed E-state index contributed by atoms with van der Waals surface area (Å²) in [5, 5.41) is 6.38. The van der Waals surface area contributed by atoms with Gasteiger partial charge in [0, 0.05) is 54.6 Å². The van der Waals surface area contributed by atoms with E-state index >= 15 is 0 Å². The third-order valence-electron chi connectivity index (χ3n) is 5.56. The SMILES string of the molecule is O=C(Nc1cnccc1N1CCNCC1)c1cccc(C2CSc3ccccc32)n1. The van der Waals surface area contributed by atoms with Crippen LogP contribution in [0.2, 0.25) is 0 Å². The van der Waals surface area contributed by atoms with Crippen LogP contribution in [0.15, 0.2) is 65.8 Å². The average molecular weight is 418 g/mol. The molecule has 30 heavy (non-hydrogen) atoms. The van der Waals surface area contributed by atoms with Gasteiger partial charge >= 0.3 is 0 Å². The zero-order valence-electron chi connectivity index (χ0n) is 16.5. The largest absolute Gasteiger partial charge is 0.367 e. The first-order valence-corrected chi connectivity index (χ1v) is 11.2. The van der Waals surface area contributed by atoms with Gasteiger partial charge in [0.15, 0.2) is 0 Å². The fraction of sp³-hybridized carbons (Fsp3) is 0.261. The molecule has 0 spiro atoms. The first kappa shape index (κ1) is 19.1. The van der Waals surface area contributed by atoms with E-state index in [0.717, 1.165) is 49.0 Å². The van der Waals surface area contributed by atoms with Gasteiger partial charge in [-0.1, -0.05) is 24.3 Å². The second kappa shape index (κ2) is 8.45. The lowest BCUT2D eigenvalue weighted by Crippen LogP contribution is -2.43. The zero-order chi connectivity index (χ0) is 20.3. The quantitative estimate of drug-likeness (QED) is 0.678. The van der Waals surface area contributed by atoms with Crippen molar-refractivity contribution < 1.29 is 4.79 Å². The molecule has 6 nitrogen and oxygen atoms in total. The van der Waals surface area contributed by atoms with Crippen LogP contribution >= 0.6 is 11.8 Å². The maximum absolute atomic E-state index is 13.0. The molecule has 4 heterocycles. The smallest absolute Gasteiger partial charge is 0.274 e. The zero-order valence-corrected chi connectivity index (χ0v) is 17.4. The van der Waals surface area contributed by atoms with Crippen molar-refractivity contribution in [3.8, 4) is 0 Å². The van der Waals surface area contributed by atoms with E-state index in [1.54, 1.807) is 18.5 Å². The van der Waals surface area contributed by atoms with Crippen molar-refractivity contribution in [2.45, 2.75) is 10.8 Å². The molecule has 1 aromatic carbocycles. The Hall–Kier alpha value is -2.90. The van der Waals surface area contributed by atoms with Crippen LogP contribution in [0.5, 0.6) is 0 Å². The summed E-state index contributed by atoms with van der Waals surface area (Å²) in [5.41, 5.74) is 4.38. The third kappa shape index (κ3) is 3.78. The summed E-state index contributed by atoms with van der Waals surface area (Å²) in [5.74, 6) is 0.960. The van der Waals surface area contributed by atoms with Crippen molar-refractivity contribution in [1.29, 1.82) is 0 Å². The van der Waals surface area contributed by atoms with Crippen LogP contribution in [0, 0.1) is 0 Å². The Balaban J connectivity index is 1.38. The molecule has 152 valence electrons. The number of pyridine rings is 2. The lowest BCUT2D eigenvalue weighted by Gasteiger charge is -2.30. The molecule has 0 saturated carbocycles. The van der Waals surface area contributed by atoms with Gasteiger partial charge in [-0.05, 0) is 29.8 Å². The van der Waals surface area contributed by atoms with Gasteiger partial charge in [-0.2, -0.15) is 0 Å². The standard InChI is InChI=1S/C23H23N5OS/c29-23(27-20-14-25-9-8-21(20)28-12-10-24-11-13-28)19-6-3-5-18(26-19)17-15-30-22-7-2-1-4-16(17)22/h1-9,14,17,24H,10-13,15H2,(H,27,29). The highest BCUT2D eigenvalue weighted by molar-refractivity contribution is 7.99. The molecule has 1 unspecified atom stereocenters. The number of carbonyl (C=O) groups excluding carboxylic acids is 1. The predicted octanol–water partition coefficient (Wildman–Crippen LogP) is 3.38. The number of hydrogen-bond donors (Lipinski definition) is 2. The Morgan fingerprint density at radius 1 is 1.10 bits per heavy atom. The number of hydrogen-bond acceptors (Lipinski definition) is 6. The molecule has 2 aliphatic rings. The molecule has 0 aliphatic carbocycles. The minimum absolute atomic E-state index is 0.208. The van der Waals surface area contributed by atoms with Gasteiger partial charge in [0.2, 0.25) is 0 Å². The van der Waals surface area contributed by atoms with E-state index < -0.39 is 0 Å². The van der Waals surface area contributed by atoms with Crippen LogP contribution < -0.4 is 15.5 Å². The van der Waals surface area contributed by atoms with Gasteiger partial charge < -0.3 is 15.5 Å². The van der Waals surface area contributed by atoms with Crippen LogP contribution in [0.1, 0.15) is 27.7 Å². The molecular formula is C23H23N5OS. The Morgan fingerprint density at radius 3 is 2.87 bits per heavy atom. The predicted molar refractivity (Wildman–Crippen MR) is 121 cm³/mol. The number of nitrogens with zero attached hydrogens (tertiary/aromatic N) is 3. The highest BCUT2D eigenvalue weighted by Gasteiger charge is 2.26. The lowest BCUT2D eigenvalue weighted by atomic mass is 9.97. The number of amides is 1. The Kier molecular flexibility index (Phi) is 5.38. The van der Waals surface area contributed by atoms with Crippen molar-refractivity contribution in [3.05, 3.63) is 77.9 Å². The number of fused-ring (bicyclic) bond motifs is 1. The lowest BCUT2D eigenvalue weighted by molar-refractivity contribution is 0.102. The third-order valence-corrected chi connectivity index (χ3v) is 6.75. The van der Waals surface area contributed by atoms with Crippen molar-refractivity contribution in [2.24, 2.45) is 0 Å². The maximum Gasteiger partial charge on any atom is 0.274 e. The number of thioether (sulfide) groups is 1. The van der Waals surface area contributed by atoms with Crippen LogP contribution in [0.25, 0.3) is 0 Å². The number of carbonyl (C=O) groups is 1. The first-order valence-electron chi connectivity index (χ1n) is 10.2. The second-order valence-electron chi connectivity index (χ2n) is 7.43. The molecule has 1 amide bonds. The summed E-state index contributed by atoms with van der Waals surface area (Å²) in [4.78, 5) is 25.5. The molecule has 2 aliphatic heterocycles. The monoisotopic (exact) mass is 417 g/mol. The Morgan fingerprint density at radius 2 is 1.97 bits per heavy atom. The second-order valence-corrected chi connectivity index (χ2v) is 8.49. The molecule has 1 saturated heterocycles. The molecule has 2 N–H and O–H groups in total. The number of benzene rings is 1. The average Bonchev–Trinajstić information content (AvgIpc) is 3.24. The van der Waals surface area contributed by atoms with Gasteiger partial charge in [-0.3, -0.25) is 9.78 Å². The molecule has 0 bridgehead atoms. The first-order chi connectivity index (χ1) is 14.8. The van der Waals surface area contributed by atoms with Gasteiger partial charge in [-0.25, -0.2) is 4.98 Å². The van der Waals surface area contributed by atoms with Crippen molar-refractivity contribution in [1.82, 2.24) is 15.3 Å². The van der Waals surface area contributed by atoms with Crippen molar-refractivity contribution in [2.75, 3.05) is 42.1 Å². The van der Waals surface area contributed by atoms with Gasteiger partial charge in [0.05, 0.1) is 17.6 Å². The number of rotatable bonds is 4. The van der Waals surface area contributed by atoms with Crippen LogP contribution in [-0.2, 0) is 0 Å². The Bertz CT molecular complexity index is 1070. The fourth-order valence-electron chi connectivity index (χ4n) is 4.03. The van der Waals surface area contributed by atoms with Crippen LogP contribution in [0.4, 0.5) is 11.4 Å². The minimum Gasteiger partial charge on any atom is -0.367 e. The van der Waals surface area contributed by atoms with Crippen LogP contribution in [-0.4, -0.2) is 47.8 Å². The highest BCUT2D eigenvalue weighted by atomic mass is 32.2. The molecule has 3 aromatic rings. The molecule has 1 fully saturated rings. The van der Waals surface area contributed by atoms with E-state index in [-0.39, 0.29) is 11.8 Å². The maximum atomic E-state index is 13.0. The number of piperazine rings is 1. The fourth-order valence-corrected chi connectivity index (χ4v) is 5.28. The summed E-state index contributed by atoms with van der Waals surface area (Å²) in [6.07, 6.45) is 3.48. The summed E-state index contributed by atoms with van der Waals surface area (Å²) < 4.78 is 0. The number of anilines is 2. The summed E-state index contributed by atoms with van der Waals surface area (Å²) in [6, 6.07) is 16.1. The van der Waals surface area contributed by atoms with Crippen molar-refractivity contribution in [3.63, 3.8) is 0 Å². The van der Waals surface area contributed by atoms with E-state index in [9.17, 15) is 4.79 Å². The normalized spacial score (nSPS) is 18.1. The van der Waals surface area contributed by atoms with E-state index in [1.165, 1.54) is 10.5 Å². The summed E-state index contributed by atoms with van der Waals surface area (Å²) >= 11 is 1.85. The van der Waals surface area contributed by atoms with Gasteiger partial charge in [-0.15, -0.1) is 11.8 Å². The molecular weight excluding hydrogens is 394 g/mol. The van der Waals surface area contributed by atoms with E-state index in [4.69, 9.17) is 4.98 Å². The number of nitrogens with one attached hydrogen (secondary N) is 2. The van der Waals surface area contributed by atoms with E-state index in [0.29, 0.717) is 5.69 Å². The molecule has 1 atom stereocenters. The van der Waals surface area contributed by atoms with E-state index in [2.05, 4.69) is 44.8 Å². The van der Waals surface area contributed by atoms with E-state index in [1.807, 2.05) is 30.0 Å². The summed E-state index contributed by atoms with van der Waals surface area (Å²) in [7, 11) is 0. The topological polar surface area (TPSA) is 70.2 Å². The highest BCUT2D eigenvalue weighted by Crippen LogP contribution is 2.42. The van der Waals surface area contributed by atoms with Crippen LogP contribution in [0.3, 0.4) is 0 Å². The summed E-state index contributed by atoms with van der Waals surface area (Å²) in [6.45, 7) is 3.67. The van der Waals surface area contributed by atoms with Gasteiger partial charge in [0.1, 0.15) is 5.69 Å². The molecule has 7 heteroatoms. The molecule has 2 aromatic heterocycles. The van der Waals surface area contributed by atoms with Crippen molar-refractivity contribution >= 4 is 29.0 Å². The Labute approximate surface area is 180 Å². The molecule has 0 radical (unpaired) electrons. The minimum atomic E-state index is -0.208. The van der Waals surface area contributed by atoms with Gasteiger partial charge in [0.25, 0.3) is 5.91 Å².